The monoisotopic (exact) mass is 226 g/mol. The van der Waals surface area contributed by atoms with Gasteiger partial charge in [0.15, 0.2) is 0 Å². The summed E-state index contributed by atoms with van der Waals surface area (Å²) in [6.45, 7) is 10.3. The third-order valence-electron chi connectivity index (χ3n) is 4.09. The van der Waals surface area contributed by atoms with Crippen LogP contribution in [0.3, 0.4) is 0 Å². The number of likely N-dealkylation sites (tertiary alicyclic amines) is 1. The molecular formula is C13H26N2O. The Morgan fingerprint density at radius 2 is 2.25 bits per heavy atom. The van der Waals surface area contributed by atoms with E-state index in [1.165, 1.54) is 32.5 Å². The van der Waals surface area contributed by atoms with Gasteiger partial charge in [0.1, 0.15) is 0 Å². The minimum Gasteiger partial charge on any atom is -0.381 e. The van der Waals surface area contributed by atoms with Crippen LogP contribution in [0.15, 0.2) is 0 Å². The summed E-state index contributed by atoms with van der Waals surface area (Å²) in [7, 11) is 2.08. The first-order chi connectivity index (χ1) is 7.61. The molecule has 2 unspecified atom stereocenters. The average molecular weight is 226 g/mol. The molecule has 0 aromatic carbocycles. The molecule has 2 aliphatic rings. The summed E-state index contributed by atoms with van der Waals surface area (Å²) >= 11 is 0. The lowest BCUT2D eigenvalue weighted by atomic mass is 9.93. The van der Waals surface area contributed by atoms with Crippen LogP contribution in [0.25, 0.3) is 0 Å². The summed E-state index contributed by atoms with van der Waals surface area (Å²) in [6.07, 6.45) is 2.50. The lowest BCUT2D eigenvalue weighted by molar-refractivity contribution is 0.0204. The van der Waals surface area contributed by atoms with E-state index in [1.54, 1.807) is 0 Å². The zero-order valence-corrected chi connectivity index (χ0v) is 11.0. The molecule has 2 saturated heterocycles. The Balaban J connectivity index is 1.84. The molecular weight excluding hydrogens is 200 g/mol. The van der Waals surface area contributed by atoms with Crippen molar-refractivity contribution in [3.05, 3.63) is 0 Å². The Bertz CT molecular complexity index is 230. The molecule has 2 fully saturated rings. The van der Waals surface area contributed by atoms with E-state index in [1.807, 2.05) is 0 Å². The number of rotatable bonds is 3. The molecule has 1 N–H and O–H groups in total. The van der Waals surface area contributed by atoms with Gasteiger partial charge in [-0.3, -0.25) is 0 Å². The van der Waals surface area contributed by atoms with E-state index in [9.17, 15) is 0 Å². The van der Waals surface area contributed by atoms with Gasteiger partial charge >= 0.3 is 0 Å². The van der Waals surface area contributed by atoms with Crippen molar-refractivity contribution >= 4 is 0 Å². The first-order valence-corrected chi connectivity index (χ1v) is 6.58. The fraction of sp³-hybridized carbons (Fsp3) is 1.00. The van der Waals surface area contributed by atoms with Crippen molar-refractivity contribution in [2.75, 3.05) is 39.9 Å². The second kappa shape index (κ2) is 5.03. The molecule has 2 heterocycles. The molecule has 2 aliphatic heterocycles. The highest BCUT2D eigenvalue weighted by molar-refractivity contribution is 4.87. The zero-order valence-electron chi connectivity index (χ0n) is 11.0. The largest absolute Gasteiger partial charge is 0.381 e. The van der Waals surface area contributed by atoms with Crippen LogP contribution in [-0.2, 0) is 4.74 Å². The van der Waals surface area contributed by atoms with Gasteiger partial charge in [0, 0.05) is 31.7 Å². The van der Waals surface area contributed by atoms with Gasteiger partial charge in [0.2, 0.25) is 0 Å². The van der Waals surface area contributed by atoms with Crippen LogP contribution in [0.1, 0.15) is 26.7 Å². The van der Waals surface area contributed by atoms with Gasteiger partial charge in [0.25, 0.3) is 0 Å². The second-order valence-corrected chi connectivity index (χ2v) is 6.17. The lowest BCUT2D eigenvalue weighted by Gasteiger charge is -2.34. The van der Waals surface area contributed by atoms with Crippen molar-refractivity contribution in [1.29, 1.82) is 0 Å². The number of nitrogens with zero attached hydrogens (tertiary/aromatic N) is 1. The highest BCUT2D eigenvalue weighted by Crippen LogP contribution is 2.30. The Morgan fingerprint density at radius 1 is 1.44 bits per heavy atom. The summed E-state index contributed by atoms with van der Waals surface area (Å²) in [5.74, 6) is 0.674. The highest BCUT2D eigenvalue weighted by Gasteiger charge is 2.33. The van der Waals surface area contributed by atoms with Gasteiger partial charge in [-0.1, -0.05) is 13.8 Å². The minimum absolute atomic E-state index is 0.519. The van der Waals surface area contributed by atoms with Crippen LogP contribution < -0.4 is 5.32 Å². The fourth-order valence-corrected chi connectivity index (χ4v) is 3.07. The molecule has 3 nitrogen and oxygen atoms in total. The molecule has 0 spiro atoms. The molecule has 0 aromatic rings. The molecule has 0 radical (unpaired) electrons. The Hall–Kier alpha value is -0.120. The highest BCUT2D eigenvalue weighted by atomic mass is 16.5. The van der Waals surface area contributed by atoms with E-state index < -0.39 is 0 Å². The maximum Gasteiger partial charge on any atom is 0.0521 e. The predicted octanol–water partition coefficient (Wildman–Crippen LogP) is 1.34. The summed E-state index contributed by atoms with van der Waals surface area (Å²) in [5.41, 5.74) is 0.519. The van der Waals surface area contributed by atoms with Crippen LogP contribution in [-0.4, -0.2) is 50.8 Å². The minimum atomic E-state index is 0.519. The number of hydrogen-bond donors (Lipinski definition) is 1. The number of hydrogen-bond acceptors (Lipinski definition) is 3. The molecule has 0 saturated carbocycles. The van der Waals surface area contributed by atoms with Gasteiger partial charge in [0.05, 0.1) is 6.61 Å². The van der Waals surface area contributed by atoms with Crippen molar-refractivity contribution in [3.8, 4) is 0 Å². The Kier molecular flexibility index (Phi) is 3.88. The molecule has 0 bridgehead atoms. The third-order valence-corrected chi connectivity index (χ3v) is 4.09. The van der Waals surface area contributed by atoms with Crippen LogP contribution in [0.4, 0.5) is 0 Å². The molecule has 0 aliphatic carbocycles. The van der Waals surface area contributed by atoms with Crippen LogP contribution in [0.2, 0.25) is 0 Å². The van der Waals surface area contributed by atoms with Crippen molar-refractivity contribution in [1.82, 2.24) is 10.2 Å². The zero-order chi connectivity index (χ0) is 11.6. The summed E-state index contributed by atoms with van der Waals surface area (Å²) < 4.78 is 5.61. The van der Waals surface area contributed by atoms with Crippen LogP contribution in [0, 0.1) is 11.3 Å². The first kappa shape index (κ1) is 12.3. The van der Waals surface area contributed by atoms with Gasteiger partial charge < -0.3 is 15.0 Å². The third kappa shape index (κ3) is 2.96. The lowest BCUT2D eigenvalue weighted by Crippen LogP contribution is -2.46. The Morgan fingerprint density at radius 3 is 2.88 bits per heavy atom. The Labute approximate surface area is 99.5 Å². The molecule has 3 heteroatoms. The van der Waals surface area contributed by atoms with E-state index in [0.29, 0.717) is 17.4 Å². The first-order valence-electron chi connectivity index (χ1n) is 6.58. The van der Waals surface area contributed by atoms with Gasteiger partial charge in [-0.25, -0.2) is 0 Å². The van der Waals surface area contributed by atoms with Crippen LogP contribution >= 0.6 is 0 Å². The van der Waals surface area contributed by atoms with E-state index >= 15 is 0 Å². The molecule has 2 atom stereocenters. The molecule has 0 amide bonds. The molecule has 16 heavy (non-hydrogen) atoms. The topological polar surface area (TPSA) is 24.5 Å². The molecule has 2 rings (SSSR count). The smallest absolute Gasteiger partial charge is 0.0521 e. The van der Waals surface area contributed by atoms with E-state index in [0.717, 1.165) is 13.2 Å². The van der Waals surface area contributed by atoms with Crippen molar-refractivity contribution in [2.45, 2.75) is 32.7 Å². The summed E-state index contributed by atoms with van der Waals surface area (Å²) in [4.78, 5) is 2.61. The molecule has 94 valence electrons. The van der Waals surface area contributed by atoms with Crippen LogP contribution in [0.5, 0.6) is 0 Å². The van der Waals surface area contributed by atoms with E-state index in [-0.39, 0.29) is 0 Å². The quantitative estimate of drug-likeness (QED) is 0.786. The maximum atomic E-state index is 5.61. The second-order valence-electron chi connectivity index (χ2n) is 6.17. The summed E-state index contributed by atoms with van der Waals surface area (Å²) in [5, 5.41) is 3.44. The van der Waals surface area contributed by atoms with Gasteiger partial charge in [-0.2, -0.15) is 0 Å². The summed E-state index contributed by atoms with van der Waals surface area (Å²) in [6, 6.07) is 0.650. The molecule has 0 aromatic heterocycles. The normalized spacial score (nSPS) is 35.4. The van der Waals surface area contributed by atoms with Gasteiger partial charge in [-0.05, 0) is 31.8 Å². The van der Waals surface area contributed by atoms with Crippen molar-refractivity contribution < 1.29 is 4.74 Å². The standard InChI is InChI=1S/C13H26N2O/c1-13(2)5-6-15(10-13)8-11-9-16-7-4-12(11)14-3/h11-12,14H,4-10H2,1-3H3. The van der Waals surface area contributed by atoms with Crippen molar-refractivity contribution in [2.24, 2.45) is 11.3 Å². The predicted molar refractivity (Wildman–Crippen MR) is 66.6 cm³/mol. The van der Waals surface area contributed by atoms with Crippen molar-refractivity contribution in [3.63, 3.8) is 0 Å². The SMILES string of the molecule is CNC1CCOCC1CN1CCC(C)(C)C1. The maximum absolute atomic E-state index is 5.61. The number of nitrogens with one attached hydrogen (secondary N) is 1. The average Bonchev–Trinajstić information content (AvgIpc) is 2.59. The van der Waals surface area contributed by atoms with Gasteiger partial charge in [-0.15, -0.1) is 0 Å². The fourth-order valence-electron chi connectivity index (χ4n) is 3.07. The van der Waals surface area contributed by atoms with E-state index in [2.05, 4.69) is 31.1 Å². The number of ether oxygens (including phenoxy) is 1. The van der Waals surface area contributed by atoms with E-state index in [4.69, 9.17) is 4.74 Å².